The van der Waals surface area contributed by atoms with Crippen molar-refractivity contribution >= 4 is 36.0 Å². The summed E-state index contributed by atoms with van der Waals surface area (Å²) in [7, 11) is 1.73. The average Bonchev–Trinajstić information content (AvgIpc) is 2.66. The summed E-state index contributed by atoms with van der Waals surface area (Å²) in [4.78, 5) is 18.1. The lowest BCUT2D eigenvalue weighted by molar-refractivity contribution is 0.00699. The summed E-state index contributed by atoms with van der Waals surface area (Å²) in [6.45, 7) is 8.76. The highest BCUT2D eigenvalue weighted by atomic mass is 127. The molecule has 9 heteroatoms. The molecule has 1 aromatic carbocycles. The van der Waals surface area contributed by atoms with Gasteiger partial charge in [-0.05, 0) is 51.3 Å². The van der Waals surface area contributed by atoms with Gasteiger partial charge in [0.05, 0.1) is 6.04 Å². The average molecular weight is 548 g/mol. The molecule has 0 aliphatic carbocycles. The number of benzene rings is 1. The van der Waals surface area contributed by atoms with E-state index in [0.29, 0.717) is 38.8 Å². The van der Waals surface area contributed by atoms with Gasteiger partial charge in [0.2, 0.25) is 0 Å². The van der Waals surface area contributed by atoms with Crippen LogP contribution in [0.3, 0.4) is 0 Å². The number of amides is 1. The molecule has 2 saturated heterocycles. The number of rotatable bonds is 4. The van der Waals surface area contributed by atoms with Crippen LogP contribution in [0.4, 0.5) is 9.18 Å². The molecule has 0 saturated carbocycles. The maximum atomic E-state index is 13.4. The standard InChI is InChI=1S/C22H33FN4O3.HI/c1-21(2,3)30-20(28)27-13-18(14-27)26-19(24-4)25-15-22(9-11-29-12-10-22)16-5-7-17(23)8-6-16;/h5-8,18H,9-15H2,1-4H3,(H2,24,25,26);1H. The second-order valence-electron chi connectivity index (χ2n) is 9.05. The molecule has 3 rings (SSSR count). The van der Waals surface area contributed by atoms with E-state index in [-0.39, 0.29) is 47.3 Å². The van der Waals surface area contributed by atoms with Crippen molar-refractivity contribution in [3.8, 4) is 0 Å². The highest BCUT2D eigenvalue weighted by Crippen LogP contribution is 2.34. The Morgan fingerprint density at radius 1 is 1.26 bits per heavy atom. The van der Waals surface area contributed by atoms with Crippen molar-refractivity contribution in [3.63, 3.8) is 0 Å². The number of halogens is 2. The van der Waals surface area contributed by atoms with Crippen molar-refractivity contribution in [1.29, 1.82) is 0 Å². The van der Waals surface area contributed by atoms with E-state index in [1.54, 1.807) is 11.9 Å². The molecule has 1 amide bonds. The molecule has 174 valence electrons. The molecule has 0 atom stereocenters. The Kier molecular flexibility index (Phi) is 8.93. The molecule has 0 spiro atoms. The molecule has 2 aliphatic rings. The number of hydrogen-bond acceptors (Lipinski definition) is 4. The number of hydrogen-bond donors (Lipinski definition) is 2. The van der Waals surface area contributed by atoms with Gasteiger partial charge in [-0.3, -0.25) is 4.99 Å². The van der Waals surface area contributed by atoms with Crippen LogP contribution in [0.1, 0.15) is 39.2 Å². The molecule has 0 aromatic heterocycles. The number of likely N-dealkylation sites (tertiary alicyclic amines) is 1. The first-order valence-electron chi connectivity index (χ1n) is 10.5. The third-order valence-corrected chi connectivity index (χ3v) is 5.60. The van der Waals surface area contributed by atoms with E-state index in [4.69, 9.17) is 9.47 Å². The van der Waals surface area contributed by atoms with Gasteiger partial charge in [0.25, 0.3) is 0 Å². The fourth-order valence-electron chi connectivity index (χ4n) is 3.82. The van der Waals surface area contributed by atoms with Crippen molar-refractivity contribution in [1.82, 2.24) is 15.5 Å². The first-order valence-corrected chi connectivity index (χ1v) is 10.5. The third kappa shape index (κ3) is 6.93. The molecule has 31 heavy (non-hydrogen) atoms. The summed E-state index contributed by atoms with van der Waals surface area (Å²) in [6, 6.07) is 6.88. The lowest BCUT2D eigenvalue weighted by atomic mass is 9.74. The fraction of sp³-hybridized carbons (Fsp3) is 0.636. The Bertz CT molecular complexity index is 755. The van der Waals surface area contributed by atoms with Crippen molar-refractivity contribution < 1.29 is 18.7 Å². The summed E-state index contributed by atoms with van der Waals surface area (Å²) < 4.78 is 24.4. The SMILES string of the molecule is CN=C(NCC1(c2ccc(F)cc2)CCOCC1)NC1CN(C(=O)OC(C)(C)C)C1.I. The number of aliphatic imine (C=N–C) groups is 1. The number of nitrogens with zero attached hydrogens (tertiary/aromatic N) is 2. The smallest absolute Gasteiger partial charge is 0.410 e. The number of carbonyl (C=O) groups excluding carboxylic acids is 1. The Hall–Kier alpha value is -1.62. The molecular formula is C22H34FIN4O3. The van der Waals surface area contributed by atoms with Gasteiger partial charge in [0, 0.05) is 45.3 Å². The monoisotopic (exact) mass is 548 g/mol. The zero-order chi connectivity index (χ0) is 21.8. The van der Waals surface area contributed by atoms with Gasteiger partial charge in [-0.25, -0.2) is 9.18 Å². The highest BCUT2D eigenvalue weighted by Gasteiger charge is 2.36. The quantitative estimate of drug-likeness (QED) is 0.344. The van der Waals surface area contributed by atoms with E-state index < -0.39 is 5.60 Å². The Morgan fingerprint density at radius 3 is 2.42 bits per heavy atom. The van der Waals surface area contributed by atoms with E-state index in [1.165, 1.54) is 12.1 Å². The summed E-state index contributed by atoms with van der Waals surface area (Å²) in [6.07, 6.45) is 1.43. The van der Waals surface area contributed by atoms with E-state index in [2.05, 4.69) is 15.6 Å². The maximum Gasteiger partial charge on any atom is 0.410 e. The van der Waals surface area contributed by atoms with Crippen LogP contribution in [-0.4, -0.2) is 68.5 Å². The summed E-state index contributed by atoms with van der Waals surface area (Å²) in [5.74, 6) is 0.461. The lowest BCUT2D eigenvalue weighted by Gasteiger charge is -2.41. The van der Waals surface area contributed by atoms with Gasteiger partial charge in [-0.2, -0.15) is 0 Å². The van der Waals surface area contributed by atoms with E-state index in [0.717, 1.165) is 18.4 Å². The topological polar surface area (TPSA) is 75.2 Å². The van der Waals surface area contributed by atoms with Gasteiger partial charge < -0.3 is 25.0 Å². The number of guanidine groups is 1. The number of carbonyl (C=O) groups is 1. The van der Waals surface area contributed by atoms with E-state index >= 15 is 0 Å². The number of ether oxygens (including phenoxy) is 2. The summed E-state index contributed by atoms with van der Waals surface area (Å²) >= 11 is 0. The van der Waals surface area contributed by atoms with Crippen molar-refractivity contribution in [3.05, 3.63) is 35.6 Å². The molecule has 2 aliphatic heterocycles. The minimum Gasteiger partial charge on any atom is -0.444 e. The second kappa shape index (κ2) is 10.8. The molecular weight excluding hydrogens is 514 g/mol. The normalized spacial score (nSPS) is 19.1. The molecule has 0 radical (unpaired) electrons. The summed E-state index contributed by atoms with van der Waals surface area (Å²) in [5.41, 5.74) is 0.479. The first-order chi connectivity index (χ1) is 14.2. The predicted octanol–water partition coefficient (Wildman–Crippen LogP) is 3.28. The molecule has 0 bridgehead atoms. The number of nitrogens with one attached hydrogen (secondary N) is 2. The zero-order valence-electron chi connectivity index (χ0n) is 18.7. The van der Waals surface area contributed by atoms with E-state index in [9.17, 15) is 9.18 Å². The van der Waals surface area contributed by atoms with Crippen LogP contribution in [0.5, 0.6) is 0 Å². The predicted molar refractivity (Wildman–Crippen MR) is 130 cm³/mol. The first kappa shape index (κ1) is 25.6. The highest BCUT2D eigenvalue weighted by molar-refractivity contribution is 14.0. The lowest BCUT2D eigenvalue weighted by Crippen LogP contribution is -2.63. The van der Waals surface area contributed by atoms with Crippen LogP contribution in [0, 0.1) is 5.82 Å². The zero-order valence-corrected chi connectivity index (χ0v) is 21.1. The molecule has 2 fully saturated rings. The Morgan fingerprint density at radius 2 is 1.87 bits per heavy atom. The molecule has 2 N–H and O–H groups in total. The van der Waals surface area contributed by atoms with Gasteiger partial charge in [0.15, 0.2) is 5.96 Å². The maximum absolute atomic E-state index is 13.4. The third-order valence-electron chi connectivity index (χ3n) is 5.60. The largest absolute Gasteiger partial charge is 0.444 e. The Labute approximate surface area is 201 Å². The Balaban J connectivity index is 0.00000341. The molecule has 7 nitrogen and oxygen atoms in total. The minimum absolute atomic E-state index is 0. The van der Waals surface area contributed by atoms with Crippen LogP contribution in [0.15, 0.2) is 29.3 Å². The van der Waals surface area contributed by atoms with E-state index in [1.807, 2.05) is 32.9 Å². The van der Waals surface area contributed by atoms with Gasteiger partial charge in [0.1, 0.15) is 11.4 Å². The summed E-state index contributed by atoms with van der Waals surface area (Å²) in [5, 5.41) is 6.80. The van der Waals surface area contributed by atoms with Gasteiger partial charge in [-0.15, -0.1) is 24.0 Å². The van der Waals surface area contributed by atoms with Crippen LogP contribution in [-0.2, 0) is 14.9 Å². The van der Waals surface area contributed by atoms with Crippen LogP contribution in [0.25, 0.3) is 0 Å². The van der Waals surface area contributed by atoms with Crippen LogP contribution >= 0.6 is 24.0 Å². The molecule has 2 heterocycles. The van der Waals surface area contributed by atoms with Crippen LogP contribution < -0.4 is 10.6 Å². The van der Waals surface area contributed by atoms with Crippen molar-refractivity contribution in [2.75, 3.05) is 39.9 Å². The second-order valence-corrected chi connectivity index (χ2v) is 9.05. The van der Waals surface area contributed by atoms with Gasteiger partial charge in [-0.1, -0.05) is 12.1 Å². The fourth-order valence-corrected chi connectivity index (χ4v) is 3.82. The molecule has 1 aromatic rings. The van der Waals surface area contributed by atoms with Crippen LogP contribution in [0.2, 0.25) is 0 Å². The van der Waals surface area contributed by atoms with Gasteiger partial charge >= 0.3 is 6.09 Å². The van der Waals surface area contributed by atoms with Crippen molar-refractivity contribution in [2.45, 2.75) is 50.7 Å². The minimum atomic E-state index is -0.494. The molecule has 0 unspecified atom stereocenters. The van der Waals surface area contributed by atoms with Crippen molar-refractivity contribution in [2.24, 2.45) is 4.99 Å².